The van der Waals surface area contributed by atoms with Crippen LogP contribution in [0, 0.1) is 6.92 Å². The molecule has 0 aliphatic carbocycles. The Labute approximate surface area is 201 Å². The number of carboxylic acid groups (broad SMARTS) is 1. The van der Waals surface area contributed by atoms with Gasteiger partial charge >= 0.3 is 11.9 Å². The van der Waals surface area contributed by atoms with E-state index in [0.29, 0.717) is 30.8 Å². The third-order valence-corrected chi connectivity index (χ3v) is 6.42. The molecule has 2 N–H and O–H groups in total. The van der Waals surface area contributed by atoms with Crippen LogP contribution in [0.1, 0.15) is 51.2 Å². The van der Waals surface area contributed by atoms with Gasteiger partial charge in [-0.1, -0.05) is 30.3 Å². The minimum atomic E-state index is -3.96. The predicted molar refractivity (Wildman–Crippen MR) is 128 cm³/mol. The van der Waals surface area contributed by atoms with Crippen molar-refractivity contribution >= 4 is 22.0 Å². The maximum absolute atomic E-state index is 13.0. The summed E-state index contributed by atoms with van der Waals surface area (Å²) in [5.41, 5.74) is 0.520. The molecule has 2 aromatic carbocycles. The molecule has 0 spiro atoms. The van der Waals surface area contributed by atoms with Crippen molar-refractivity contribution in [2.24, 2.45) is 0 Å². The molecule has 1 atom stereocenters. The van der Waals surface area contributed by atoms with Crippen molar-refractivity contribution < 1.29 is 32.6 Å². The molecule has 0 saturated heterocycles. The number of hydrogen-bond acceptors (Lipinski definition) is 6. The fourth-order valence-corrected chi connectivity index (χ4v) is 4.61. The van der Waals surface area contributed by atoms with Crippen molar-refractivity contribution in [2.75, 3.05) is 6.61 Å². The number of carboxylic acids is 1. The Kier molecular flexibility index (Phi) is 9.64. The zero-order valence-corrected chi connectivity index (χ0v) is 20.9. The minimum Gasteiger partial charge on any atom is -0.494 e. The highest BCUT2D eigenvalue weighted by molar-refractivity contribution is 7.89. The molecule has 2 aromatic rings. The first-order chi connectivity index (χ1) is 15.9. The molecule has 2 rings (SSSR count). The smallest absolute Gasteiger partial charge is 0.325 e. The minimum absolute atomic E-state index is 0.0961. The first-order valence-corrected chi connectivity index (χ1v) is 12.6. The number of unbranched alkanes of at least 4 members (excludes halogenated alkanes) is 1. The molecule has 0 fully saturated rings. The van der Waals surface area contributed by atoms with Gasteiger partial charge in [-0.05, 0) is 76.3 Å². The van der Waals surface area contributed by atoms with Crippen molar-refractivity contribution in [3.63, 3.8) is 0 Å². The summed E-state index contributed by atoms with van der Waals surface area (Å²) in [5.74, 6) is -0.890. The Bertz CT molecular complexity index is 1070. The van der Waals surface area contributed by atoms with Crippen LogP contribution in [0.4, 0.5) is 0 Å². The van der Waals surface area contributed by atoms with Crippen molar-refractivity contribution in [3.05, 3.63) is 59.7 Å². The summed E-state index contributed by atoms with van der Waals surface area (Å²) in [5, 5.41) is 8.67. The topological polar surface area (TPSA) is 119 Å². The number of rotatable bonds is 12. The van der Waals surface area contributed by atoms with Crippen LogP contribution in [0.25, 0.3) is 0 Å². The molecule has 8 nitrogen and oxygen atoms in total. The third kappa shape index (κ3) is 9.15. The van der Waals surface area contributed by atoms with Crippen LogP contribution in [0.5, 0.6) is 5.75 Å². The maximum Gasteiger partial charge on any atom is 0.325 e. The second-order valence-electron chi connectivity index (χ2n) is 9.02. The van der Waals surface area contributed by atoms with E-state index in [-0.39, 0.29) is 17.7 Å². The van der Waals surface area contributed by atoms with Gasteiger partial charge in [0.25, 0.3) is 0 Å². The van der Waals surface area contributed by atoms with Gasteiger partial charge in [0.1, 0.15) is 17.4 Å². The molecule has 9 heteroatoms. The van der Waals surface area contributed by atoms with Gasteiger partial charge in [-0.15, -0.1) is 0 Å². The normalized spacial score (nSPS) is 12.7. The number of sulfonamides is 1. The molecule has 0 unspecified atom stereocenters. The SMILES string of the molecule is Cc1ccccc1S(=O)(=O)N[C@@H](Cc1ccc(OCCCCC(=O)O)cc1)C(=O)OC(C)(C)C. The van der Waals surface area contributed by atoms with Crippen LogP contribution in [0.2, 0.25) is 0 Å². The number of carbonyl (C=O) groups is 2. The Morgan fingerprint density at radius 2 is 1.68 bits per heavy atom. The Morgan fingerprint density at radius 3 is 2.26 bits per heavy atom. The quantitative estimate of drug-likeness (QED) is 0.342. The van der Waals surface area contributed by atoms with Crippen LogP contribution < -0.4 is 9.46 Å². The molecule has 186 valence electrons. The Balaban J connectivity index is 2.12. The van der Waals surface area contributed by atoms with Crippen molar-refractivity contribution in [2.45, 2.75) is 69.9 Å². The van der Waals surface area contributed by atoms with E-state index in [2.05, 4.69) is 4.72 Å². The van der Waals surface area contributed by atoms with E-state index < -0.39 is 33.6 Å². The van der Waals surface area contributed by atoms with E-state index in [1.165, 1.54) is 6.07 Å². The Morgan fingerprint density at radius 1 is 1.03 bits per heavy atom. The van der Waals surface area contributed by atoms with Crippen LogP contribution in [-0.2, 0) is 30.8 Å². The number of aliphatic carboxylic acids is 1. The van der Waals surface area contributed by atoms with Crippen LogP contribution in [-0.4, -0.2) is 43.7 Å². The van der Waals surface area contributed by atoms with Crippen LogP contribution in [0.3, 0.4) is 0 Å². The maximum atomic E-state index is 13.0. The zero-order valence-electron chi connectivity index (χ0n) is 20.0. The standard InChI is InChI=1S/C25H33NO7S/c1-18-9-5-6-10-22(18)34(30,31)26-21(24(29)33-25(2,3)4)17-19-12-14-20(15-13-19)32-16-8-7-11-23(27)28/h5-6,9-10,12-15,21,26H,7-8,11,16-17H2,1-4H3,(H,27,28)/t21-/m0/s1. The number of aryl methyl sites for hydroxylation is 1. The zero-order chi connectivity index (χ0) is 25.4. The number of esters is 1. The molecular formula is C25H33NO7S. The average molecular weight is 492 g/mol. The first-order valence-electron chi connectivity index (χ1n) is 11.1. The van der Waals surface area contributed by atoms with Gasteiger partial charge in [-0.25, -0.2) is 8.42 Å². The van der Waals surface area contributed by atoms with Gasteiger partial charge in [-0.2, -0.15) is 4.72 Å². The van der Waals surface area contributed by atoms with E-state index in [9.17, 15) is 18.0 Å². The third-order valence-electron chi connectivity index (χ3n) is 4.79. The molecule has 0 radical (unpaired) electrons. The van der Waals surface area contributed by atoms with Gasteiger partial charge in [0.15, 0.2) is 0 Å². The molecule has 0 aromatic heterocycles. The molecule has 0 amide bonds. The van der Waals surface area contributed by atoms with Gasteiger partial charge in [-0.3, -0.25) is 9.59 Å². The highest BCUT2D eigenvalue weighted by Gasteiger charge is 2.30. The summed E-state index contributed by atoms with van der Waals surface area (Å²) >= 11 is 0. The summed E-state index contributed by atoms with van der Waals surface area (Å²) in [6.07, 6.45) is 1.35. The number of nitrogens with one attached hydrogen (secondary N) is 1. The van der Waals surface area contributed by atoms with Crippen LogP contribution in [0.15, 0.2) is 53.4 Å². The molecular weight excluding hydrogens is 458 g/mol. The van der Waals surface area contributed by atoms with Gasteiger partial charge in [0.2, 0.25) is 10.0 Å². The molecule has 0 aliphatic rings. The van der Waals surface area contributed by atoms with E-state index in [0.717, 1.165) is 5.56 Å². The predicted octanol–water partition coefficient (Wildman–Crippen LogP) is 3.86. The highest BCUT2D eigenvalue weighted by Crippen LogP contribution is 2.19. The van der Waals surface area contributed by atoms with Crippen LogP contribution >= 0.6 is 0 Å². The second kappa shape index (κ2) is 12.0. The largest absolute Gasteiger partial charge is 0.494 e. The fraction of sp³-hybridized carbons (Fsp3) is 0.440. The second-order valence-corrected chi connectivity index (χ2v) is 10.7. The lowest BCUT2D eigenvalue weighted by Gasteiger charge is -2.25. The van der Waals surface area contributed by atoms with E-state index in [1.54, 1.807) is 70.2 Å². The molecule has 0 bridgehead atoms. The number of hydrogen-bond donors (Lipinski definition) is 2. The summed E-state index contributed by atoms with van der Waals surface area (Å²) in [7, 11) is -3.96. The molecule has 0 saturated carbocycles. The highest BCUT2D eigenvalue weighted by atomic mass is 32.2. The van der Waals surface area contributed by atoms with Crippen molar-refractivity contribution in [1.29, 1.82) is 0 Å². The Hall–Kier alpha value is -2.91. The van der Waals surface area contributed by atoms with Crippen molar-refractivity contribution in [3.8, 4) is 5.75 Å². The van der Waals surface area contributed by atoms with Gasteiger partial charge in [0.05, 0.1) is 11.5 Å². The van der Waals surface area contributed by atoms with Gasteiger partial charge < -0.3 is 14.6 Å². The first kappa shape index (κ1) is 27.3. The number of benzene rings is 2. The monoisotopic (exact) mass is 491 g/mol. The number of ether oxygens (including phenoxy) is 2. The number of carbonyl (C=O) groups excluding carboxylic acids is 1. The summed E-state index contributed by atoms with van der Waals surface area (Å²) in [6, 6.07) is 12.4. The van der Waals surface area contributed by atoms with E-state index in [4.69, 9.17) is 14.6 Å². The lowest BCUT2D eigenvalue weighted by molar-refractivity contribution is -0.156. The molecule has 34 heavy (non-hydrogen) atoms. The summed E-state index contributed by atoms with van der Waals surface area (Å²) < 4.78 is 39.6. The summed E-state index contributed by atoms with van der Waals surface area (Å²) in [4.78, 5) is 23.5. The lowest BCUT2D eigenvalue weighted by atomic mass is 10.1. The molecule has 0 aliphatic heterocycles. The fourth-order valence-electron chi connectivity index (χ4n) is 3.18. The van der Waals surface area contributed by atoms with Gasteiger partial charge in [0, 0.05) is 6.42 Å². The molecule has 0 heterocycles. The van der Waals surface area contributed by atoms with E-state index in [1.807, 2.05) is 0 Å². The summed E-state index contributed by atoms with van der Waals surface area (Å²) in [6.45, 7) is 7.25. The van der Waals surface area contributed by atoms with E-state index >= 15 is 0 Å². The van der Waals surface area contributed by atoms with Crippen molar-refractivity contribution in [1.82, 2.24) is 4.72 Å². The average Bonchev–Trinajstić information content (AvgIpc) is 2.73. The lowest BCUT2D eigenvalue weighted by Crippen LogP contribution is -2.45.